The van der Waals surface area contributed by atoms with Gasteiger partial charge in [-0.1, -0.05) is 6.92 Å². The fourth-order valence-corrected chi connectivity index (χ4v) is 1.72. The summed E-state index contributed by atoms with van der Waals surface area (Å²) in [6, 6.07) is 2.18. The summed E-state index contributed by atoms with van der Waals surface area (Å²) < 4.78 is 2.27. The lowest BCUT2D eigenvalue weighted by Gasteiger charge is -2.22. The first-order valence-electron chi connectivity index (χ1n) is 5.76. The summed E-state index contributed by atoms with van der Waals surface area (Å²) in [6.07, 6.45) is 3.16. The van der Waals surface area contributed by atoms with E-state index in [4.69, 9.17) is 0 Å². The minimum absolute atomic E-state index is 0.298. The number of nitrogens with zero attached hydrogens (tertiary/aromatic N) is 2. The Morgan fingerprint density at radius 1 is 1.50 bits per heavy atom. The van der Waals surface area contributed by atoms with Crippen LogP contribution in [0.15, 0.2) is 6.07 Å². The lowest BCUT2D eigenvalue weighted by Crippen LogP contribution is -2.32. The highest BCUT2D eigenvalue weighted by Gasteiger charge is 2.15. The molecule has 0 aliphatic carbocycles. The van der Waals surface area contributed by atoms with E-state index in [0.717, 1.165) is 19.5 Å². The molecule has 0 aliphatic heterocycles. The van der Waals surface area contributed by atoms with Crippen LogP contribution in [0.3, 0.4) is 0 Å². The van der Waals surface area contributed by atoms with E-state index in [0.29, 0.717) is 4.75 Å². The van der Waals surface area contributed by atoms with E-state index < -0.39 is 0 Å². The summed E-state index contributed by atoms with van der Waals surface area (Å²) in [5, 5.41) is 7.93. The SMILES string of the molecule is CCc1cc(CNCC(C)(C)SC)n(C)n1. The smallest absolute Gasteiger partial charge is 0.0625 e. The fraction of sp³-hybridized carbons (Fsp3) is 0.750. The van der Waals surface area contributed by atoms with Crippen molar-refractivity contribution in [3.05, 3.63) is 17.5 Å². The van der Waals surface area contributed by atoms with Crippen molar-refractivity contribution < 1.29 is 0 Å². The minimum atomic E-state index is 0.298. The monoisotopic (exact) mass is 241 g/mol. The molecular formula is C12H23N3S. The number of thioether (sulfide) groups is 1. The summed E-state index contributed by atoms with van der Waals surface area (Å²) >= 11 is 1.89. The molecule has 1 N–H and O–H groups in total. The van der Waals surface area contributed by atoms with Gasteiger partial charge in [-0.2, -0.15) is 16.9 Å². The number of nitrogens with one attached hydrogen (secondary N) is 1. The Morgan fingerprint density at radius 2 is 2.19 bits per heavy atom. The van der Waals surface area contributed by atoms with Crippen LogP contribution in [-0.2, 0) is 20.0 Å². The minimum Gasteiger partial charge on any atom is -0.310 e. The predicted octanol–water partition coefficient (Wildman–Crippen LogP) is 2.21. The van der Waals surface area contributed by atoms with Crippen LogP contribution in [0.25, 0.3) is 0 Å². The van der Waals surface area contributed by atoms with E-state index in [1.807, 2.05) is 23.5 Å². The van der Waals surface area contributed by atoms with Gasteiger partial charge in [0, 0.05) is 24.9 Å². The van der Waals surface area contributed by atoms with Crippen LogP contribution in [0.2, 0.25) is 0 Å². The van der Waals surface area contributed by atoms with Crippen molar-refractivity contribution in [2.45, 2.75) is 38.5 Å². The Bertz CT molecular complexity index is 331. The molecule has 3 nitrogen and oxygen atoms in total. The molecule has 1 heterocycles. The lowest BCUT2D eigenvalue weighted by atomic mass is 10.2. The molecule has 0 saturated carbocycles. The maximum atomic E-state index is 4.44. The quantitative estimate of drug-likeness (QED) is 0.828. The second-order valence-corrected chi connectivity index (χ2v) is 6.18. The number of aromatic nitrogens is 2. The zero-order valence-corrected chi connectivity index (χ0v) is 11.8. The number of hydrogen-bond acceptors (Lipinski definition) is 3. The van der Waals surface area contributed by atoms with E-state index >= 15 is 0 Å². The number of rotatable bonds is 6. The van der Waals surface area contributed by atoms with Crippen LogP contribution in [0, 0.1) is 0 Å². The Morgan fingerprint density at radius 3 is 2.69 bits per heavy atom. The van der Waals surface area contributed by atoms with Gasteiger partial charge in [-0.15, -0.1) is 0 Å². The molecule has 0 spiro atoms. The van der Waals surface area contributed by atoms with Crippen molar-refractivity contribution in [2.24, 2.45) is 7.05 Å². The fourth-order valence-electron chi connectivity index (χ4n) is 1.47. The standard InChI is InChI=1S/C12H23N3S/c1-6-10-7-11(15(4)14-10)8-13-9-12(2,3)16-5/h7,13H,6,8-9H2,1-5H3. The Hall–Kier alpha value is -0.480. The van der Waals surface area contributed by atoms with Gasteiger partial charge in [0.2, 0.25) is 0 Å². The highest BCUT2D eigenvalue weighted by molar-refractivity contribution is 7.99. The van der Waals surface area contributed by atoms with Crippen molar-refractivity contribution in [3.8, 4) is 0 Å². The average Bonchev–Trinajstić information content (AvgIpc) is 2.60. The van der Waals surface area contributed by atoms with Gasteiger partial charge in [0.15, 0.2) is 0 Å². The van der Waals surface area contributed by atoms with Crippen molar-refractivity contribution in [3.63, 3.8) is 0 Å². The van der Waals surface area contributed by atoms with E-state index in [2.05, 4.69) is 43.5 Å². The first-order valence-corrected chi connectivity index (χ1v) is 6.98. The molecule has 0 atom stereocenters. The third kappa shape index (κ3) is 3.83. The molecule has 0 saturated heterocycles. The Balaban J connectivity index is 2.45. The number of hydrogen-bond donors (Lipinski definition) is 1. The topological polar surface area (TPSA) is 29.9 Å². The van der Waals surface area contributed by atoms with Crippen molar-refractivity contribution >= 4 is 11.8 Å². The van der Waals surface area contributed by atoms with E-state index in [-0.39, 0.29) is 0 Å². The van der Waals surface area contributed by atoms with Gasteiger partial charge in [-0.05, 0) is 32.6 Å². The highest BCUT2D eigenvalue weighted by atomic mass is 32.2. The van der Waals surface area contributed by atoms with Crippen LogP contribution in [-0.4, -0.2) is 27.3 Å². The third-order valence-corrected chi connectivity index (χ3v) is 4.05. The molecule has 0 amide bonds. The zero-order chi connectivity index (χ0) is 12.2. The molecule has 1 aromatic heterocycles. The molecule has 0 bridgehead atoms. The molecule has 0 unspecified atom stereocenters. The van der Waals surface area contributed by atoms with Gasteiger partial charge in [-0.25, -0.2) is 0 Å². The molecule has 0 radical (unpaired) electrons. The van der Waals surface area contributed by atoms with Crippen LogP contribution in [0.5, 0.6) is 0 Å². The van der Waals surface area contributed by atoms with Crippen molar-refractivity contribution in [2.75, 3.05) is 12.8 Å². The summed E-state index contributed by atoms with van der Waals surface area (Å²) in [5.74, 6) is 0. The normalized spacial score (nSPS) is 12.1. The second kappa shape index (κ2) is 5.73. The zero-order valence-electron chi connectivity index (χ0n) is 11.0. The van der Waals surface area contributed by atoms with E-state index in [1.165, 1.54) is 11.4 Å². The molecule has 1 aromatic rings. The molecule has 92 valence electrons. The molecule has 16 heavy (non-hydrogen) atoms. The Labute approximate surface area is 103 Å². The third-order valence-electron chi connectivity index (χ3n) is 2.80. The molecule has 1 rings (SSSR count). The van der Waals surface area contributed by atoms with Gasteiger partial charge < -0.3 is 5.32 Å². The summed E-state index contributed by atoms with van der Waals surface area (Å²) in [7, 11) is 2.01. The average molecular weight is 241 g/mol. The maximum absolute atomic E-state index is 4.44. The first kappa shape index (κ1) is 13.6. The van der Waals surface area contributed by atoms with Crippen LogP contribution < -0.4 is 5.32 Å². The van der Waals surface area contributed by atoms with Crippen molar-refractivity contribution in [1.29, 1.82) is 0 Å². The largest absolute Gasteiger partial charge is 0.310 e. The predicted molar refractivity (Wildman–Crippen MR) is 71.9 cm³/mol. The molecule has 4 heteroatoms. The molecule has 0 aliphatic rings. The molecular weight excluding hydrogens is 218 g/mol. The van der Waals surface area contributed by atoms with Gasteiger partial charge in [0.1, 0.15) is 0 Å². The number of aryl methyl sites for hydroxylation is 2. The van der Waals surface area contributed by atoms with Gasteiger partial charge in [0.05, 0.1) is 11.4 Å². The van der Waals surface area contributed by atoms with E-state index in [9.17, 15) is 0 Å². The van der Waals surface area contributed by atoms with Crippen LogP contribution in [0.4, 0.5) is 0 Å². The first-order chi connectivity index (χ1) is 7.48. The molecule has 0 aromatic carbocycles. The van der Waals surface area contributed by atoms with E-state index in [1.54, 1.807) is 0 Å². The van der Waals surface area contributed by atoms with Crippen LogP contribution in [0.1, 0.15) is 32.2 Å². The lowest BCUT2D eigenvalue weighted by molar-refractivity contribution is 0.567. The van der Waals surface area contributed by atoms with Gasteiger partial charge >= 0.3 is 0 Å². The van der Waals surface area contributed by atoms with Gasteiger partial charge in [-0.3, -0.25) is 4.68 Å². The Kier molecular flexibility index (Phi) is 4.87. The summed E-state index contributed by atoms with van der Waals surface area (Å²) in [6.45, 7) is 8.56. The second-order valence-electron chi connectivity index (χ2n) is 4.67. The highest BCUT2D eigenvalue weighted by Crippen LogP contribution is 2.19. The summed E-state index contributed by atoms with van der Waals surface area (Å²) in [5.41, 5.74) is 2.43. The van der Waals surface area contributed by atoms with Crippen LogP contribution >= 0.6 is 11.8 Å². The molecule has 0 fully saturated rings. The van der Waals surface area contributed by atoms with Crippen molar-refractivity contribution in [1.82, 2.24) is 15.1 Å². The summed E-state index contributed by atoms with van der Waals surface area (Å²) in [4.78, 5) is 0. The maximum Gasteiger partial charge on any atom is 0.0625 e. The van der Waals surface area contributed by atoms with Gasteiger partial charge in [0.25, 0.3) is 0 Å².